The number of rotatable bonds is 11. The van der Waals surface area contributed by atoms with Crippen LogP contribution < -0.4 is 10.6 Å². The smallest absolute Gasteiger partial charge is 0.349 e. The molecule has 1 aliphatic rings. The van der Waals surface area contributed by atoms with Crippen LogP contribution in [0, 0.1) is 0 Å². The van der Waals surface area contributed by atoms with Crippen molar-refractivity contribution >= 4 is 35.3 Å². The SMILES string of the molecule is CSc1ccc(CN(Cc2ccc(SC)cc2)[C@H]2CCN(C)C[C@H]2NC(=O)CNC(=O)c2cccc(C(F)(F)F)c2)cc1. The van der Waals surface area contributed by atoms with E-state index in [9.17, 15) is 22.8 Å². The minimum Gasteiger partial charge on any atom is -0.349 e. The number of carbonyl (C=O) groups excluding carboxylic acids is 2. The predicted molar refractivity (Wildman–Crippen MR) is 167 cm³/mol. The van der Waals surface area contributed by atoms with Crippen molar-refractivity contribution in [3.63, 3.8) is 0 Å². The van der Waals surface area contributed by atoms with Gasteiger partial charge in [0, 0.05) is 41.0 Å². The maximum atomic E-state index is 13.1. The Bertz CT molecular complexity index is 1320. The molecule has 3 aromatic rings. The van der Waals surface area contributed by atoms with Gasteiger partial charge in [-0.25, -0.2) is 0 Å². The largest absolute Gasteiger partial charge is 0.416 e. The highest BCUT2D eigenvalue weighted by atomic mass is 32.2. The number of piperidine rings is 1. The fourth-order valence-corrected chi connectivity index (χ4v) is 6.08. The lowest BCUT2D eigenvalue weighted by atomic mass is 9.96. The van der Waals surface area contributed by atoms with Gasteiger partial charge in [0.1, 0.15) is 0 Å². The van der Waals surface area contributed by atoms with Gasteiger partial charge >= 0.3 is 6.18 Å². The van der Waals surface area contributed by atoms with E-state index in [1.54, 1.807) is 23.5 Å². The molecule has 0 aliphatic carbocycles. The Morgan fingerprint density at radius 1 is 0.930 bits per heavy atom. The fourth-order valence-electron chi connectivity index (χ4n) is 5.26. The van der Waals surface area contributed by atoms with Gasteiger partial charge in [0.15, 0.2) is 0 Å². The van der Waals surface area contributed by atoms with Crippen LogP contribution in [0.15, 0.2) is 82.6 Å². The van der Waals surface area contributed by atoms with Crippen LogP contribution in [0.4, 0.5) is 13.2 Å². The fraction of sp³-hybridized carbons (Fsp3) is 0.375. The number of benzene rings is 3. The summed E-state index contributed by atoms with van der Waals surface area (Å²) in [6.07, 6.45) is 0.375. The van der Waals surface area contributed by atoms with Crippen molar-refractivity contribution in [3.8, 4) is 0 Å². The lowest BCUT2D eigenvalue weighted by Crippen LogP contribution is -2.60. The molecule has 6 nitrogen and oxygen atoms in total. The van der Waals surface area contributed by atoms with Crippen molar-refractivity contribution in [1.82, 2.24) is 20.4 Å². The van der Waals surface area contributed by atoms with Gasteiger partial charge in [-0.2, -0.15) is 13.2 Å². The lowest BCUT2D eigenvalue weighted by molar-refractivity contribution is -0.137. The van der Waals surface area contributed by atoms with Crippen LogP contribution in [0.25, 0.3) is 0 Å². The molecule has 1 fully saturated rings. The molecule has 230 valence electrons. The number of hydrogen-bond acceptors (Lipinski definition) is 6. The highest BCUT2D eigenvalue weighted by Gasteiger charge is 2.34. The number of nitrogens with one attached hydrogen (secondary N) is 2. The quantitative estimate of drug-likeness (QED) is 0.263. The zero-order valence-corrected chi connectivity index (χ0v) is 26.1. The number of carbonyl (C=O) groups is 2. The molecule has 2 atom stereocenters. The Morgan fingerprint density at radius 3 is 2.05 bits per heavy atom. The second-order valence-corrected chi connectivity index (χ2v) is 12.4. The number of likely N-dealkylation sites (N-methyl/N-ethyl adjacent to an activating group) is 1. The maximum absolute atomic E-state index is 13.1. The summed E-state index contributed by atoms with van der Waals surface area (Å²) in [5.74, 6) is -1.12. The summed E-state index contributed by atoms with van der Waals surface area (Å²) in [4.78, 5) is 32.6. The summed E-state index contributed by atoms with van der Waals surface area (Å²) in [6, 6.07) is 21.0. The summed E-state index contributed by atoms with van der Waals surface area (Å²) in [6.45, 7) is 2.56. The van der Waals surface area contributed by atoms with E-state index in [2.05, 4.69) is 69.0 Å². The number of alkyl halides is 3. The van der Waals surface area contributed by atoms with E-state index >= 15 is 0 Å². The van der Waals surface area contributed by atoms with E-state index in [4.69, 9.17) is 0 Å². The maximum Gasteiger partial charge on any atom is 0.416 e. The van der Waals surface area contributed by atoms with Crippen molar-refractivity contribution in [1.29, 1.82) is 0 Å². The van der Waals surface area contributed by atoms with Gasteiger partial charge in [0.05, 0.1) is 18.2 Å². The molecule has 1 saturated heterocycles. The van der Waals surface area contributed by atoms with Crippen LogP contribution in [0.2, 0.25) is 0 Å². The number of nitrogens with zero attached hydrogens (tertiary/aromatic N) is 2. The molecule has 0 aromatic heterocycles. The zero-order chi connectivity index (χ0) is 31.0. The van der Waals surface area contributed by atoms with E-state index < -0.39 is 17.6 Å². The minimum absolute atomic E-state index is 0.0276. The van der Waals surface area contributed by atoms with E-state index in [1.165, 1.54) is 33.1 Å². The first-order valence-corrected chi connectivity index (χ1v) is 16.4. The molecule has 0 spiro atoms. The molecule has 0 bridgehead atoms. The van der Waals surface area contributed by atoms with Crippen LogP contribution >= 0.6 is 23.5 Å². The summed E-state index contributed by atoms with van der Waals surface area (Å²) in [5.41, 5.74) is 1.29. The van der Waals surface area contributed by atoms with Crippen LogP contribution in [-0.2, 0) is 24.1 Å². The van der Waals surface area contributed by atoms with Crippen LogP contribution in [-0.4, -0.2) is 72.9 Å². The van der Waals surface area contributed by atoms with Crippen molar-refractivity contribution < 1.29 is 22.8 Å². The lowest BCUT2D eigenvalue weighted by Gasteiger charge is -2.43. The average Bonchev–Trinajstić information content (AvgIpc) is 3.00. The van der Waals surface area contributed by atoms with E-state index in [-0.39, 0.29) is 30.1 Å². The average molecular weight is 631 g/mol. The number of likely N-dealkylation sites (tertiary alicyclic amines) is 1. The third-order valence-corrected chi connectivity index (χ3v) is 9.03. The first-order valence-electron chi connectivity index (χ1n) is 14.0. The molecule has 2 N–H and O–H groups in total. The Kier molecular flexibility index (Phi) is 11.6. The normalized spacial score (nSPS) is 17.6. The summed E-state index contributed by atoms with van der Waals surface area (Å²) in [5, 5.41) is 5.58. The second kappa shape index (κ2) is 15.1. The van der Waals surface area contributed by atoms with Gasteiger partial charge in [-0.1, -0.05) is 30.3 Å². The van der Waals surface area contributed by atoms with E-state index in [0.29, 0.717) is 19.6 Å². The molecule has 1 heterocycles. The Labute approximate surface area is 259 Å². The van der Waals surface area contributed by atoms with Crippen molar-refractivity contribution in [2.24, 2.45) is 0 Å². The van der Waals surface area contributed by atoms with Gasteiger partial charge in [-0.05, 0) is 86.1 Å². The molecule has 2 amide bonds. The van der Waals surface area contributed by atoms with Crippen molar-refractivity contribution in [2.75, 3.05) is 39.2 Å². The topological polar surface area (TPSA) is 64.7 Å². The molecule has 4 rings (SSSR count). The summed E-state index contributed by atoms with van der Waals surface area (Å²) in [7, 11) is 2.01. The van der Waals surface area contributed by atoms with Gasteiger partial charge < -0.3 is 15.5 Å². The first-order chi connectivity index (χ1) is 20.5. The summed E-state index contributed by atoms with van der Waals surface area (Å²) < 4.78 is 39.2. The van der Waals surface area contributed by atoms with Crippen LogP contribution in [0.5, 0.6) is 0 Å². The van der Waals surface area contributed by atoms with Crippen molar-refractivity contribution in [3.05, 3.63) is 95.1 Å². The van der Waals surface area contributed by atoms with Crippen LogP contribution in [0.1, 0.15) is 33.5 Å². The third kappa shape index (κ3) is 9.50. The molecule has 0 saturated carbocycles. The number of thioether (sulfide) groups is 2. The molecule has 1 aliphatic heterocycles. The van der Waals surface area contributed by atoms with Gasteiger partial charge in [-0.15, -0.1) is 23.5 Å². The molecule has 3 aromatic carbocycles. The molecule has 0 unspecified atom stereocenters. The van der Waals surface area contributed by atoms with E-state index in [0.717, 1.165) is 25.1 Å². The number of hydrogen-bond donors (Lipinski definition) is 2. The summed E-state index contributed by atoms with van der Waals surface area (Å²) >= 11 is 3.39. The van der Waals surface area contributed by atoms with Gasteiger partial charge in [0.25, 0.3) is 5.91 Å². The minimum atomic E-state index is -4.56. The third-order valence-electron chi connectivity index (χ3n) is 7.55. The van der Waals surface area contributed by atoms with Crippen molar-refractivity contribution in [2.45, 2.75) is 47.6 Å². The van der Waals surface area contributed by atoms with E-state index in [1.807, 2.05) is 19.6 Å². The van der Waals surface area contributed by atoms with Gasteiger partial charge in [0.2, 0.25) is 5.91 Å². The molecule has 11 heteroatoms. The zero-order valence-electron chi connectivity index (χ0n) is 24.5. The molecular weight excluding hydrogens is 594 g/mol. The highest BCUT2D eigenvalue weighted by molar-refractivity contribution is 7.98. The predicted octanol–water partition coefficient (Wildman–Crippen LogP) is 5.77. The second-order valence-electron chi connectivity index (χ2n) is 10.7. The van der Waals surface area contributed by atoms with Gasteiger partial charge in [-0.3, -0.25) is 14.5 Å². The standard InChI is InChI=1S/C32H37F3N4O2S2/c1-38-16-15-29(28(21-38)37-30(40)18-36-31(41)24-5-4-6-25(17-24)32(33,34)35)39(19-22-7-11-26(42-2)12-8-22)20-23-9-13-27(43-3)14-10-23/h4-14,17,28-29H,15-16,18-21H2,1-3H3,(H,36,41)(H,37,40)/t28-,29+/m1/s1. The Hall–Kier alpha value is -2.99. The monoisotopic (exact) mass is 630 g/mol. The molecule has 43 heavy (non-hydrogen) atoms. The number of amides is 2. The van der Waals surface area contributed by atoms with Crippen LogP contribution in [0.3, 0.4) is 0 Å². The highest BCUT2D eigenvalue weighted by Crippen LogP contribution is 2.29. The molecule has 0 radical (unpaired) electrons. The molecular formula is C32H37F3N4O2S2. The first kappa shape index (κ1) is 32.9. The Morgan fingerprint density at radius 2 is 1.51 bits per heavy atom. The Balaban J connectivity index is 1.47. The number of halogens is 3.